The van der Waals surface area contributed by atoms with Crippen molar-refractivity contribution in [2.45, 2.75) is 38.6 Å². The molecule has 1 N–H and O–H groups in total. The van der Waals surface area contributed by atoms with Crippen LogP contribution in [0.2, 0.25) is 0 Å². The summed E-state index contributed by atoms with van der Waals surface area (Å²) in [6.07, 6.45) is 5.32. The summed E-state index contributed by atoms with van der Waals surface area (Å²) in [6, 6.07) is 0.660. The van der Waals surface area contributed by atoms with Crippen molar-refractivity contribution >= 4 is 23.7 Å². The van der Waals surface area contributed by atoms with Crippen LogP contribution in [-0.4, -0.2) is 45.3 Å². The molecule has 0 aliphatic heterocycles. The van der Waals surface area contributed by atoms with Crippen LogP contribution in [0.1, 0.15) is 32.6 Å². The van der Waals surface area contributed by atoms with Gasteiger partial charge in [0.25, 0.3) is 5.91 Å². The number of aromatic nitrogens is 2. The number of amides is 1. The van der Waals surface area contributed by atoms with Crippen LogP contribution in [0.25, 0.3) is 0 Å². The van der Waals surface area contributed by atoms with Crippen LogP contribution in [0.3, 0.4) is 0 Å². The predicted molar refractivity (Wildman–Crippen MR) is 93.5 cm³/mol. The van der Waals surface area contributed by atoms with Crippen molar-refractivity contribution in [2.24, 2.45) is 5.16 Å². The molecular weight excluding hydrogens is 358 g/mol. The van der Waals surface area contributed by atoms with E-state index in [4.69, 9.17) is 0 Å². The maximum atomic E-state index is 12.5. The van der Waals surface area contributed by atoms with Crippen LogP contribution in [-0.2, 0) is 14.4 Å². The normalized spacial score (nSPS) is 18.6. The molecule has 1 saturated carbocycles. The van der Waals surface area contributed by atoms with Crippen molar-refractivity contribution in [3.05, 3.63) is 40.2 Å². The average Bonchev–Trinajstić information content (AvgIpc) is 2.66. The van der Waals surface area contributed by atoms with Crippen molar-refractivity contribution in [2.75, 3.05) is 11.9 Å². The second kappa shape index (κ2) is 9.94. The molecule has 27 heavy (non-hydrogen) atoms. The SMILES string of the molecule is CCOC(=O)O/N=C(\C=C1/CCCCC1[N+](=O)[O-])C(=O)Nc1ncccn1. The minimum atomic E-state index is -1.09. The molecule has 1 aliphatic rings. The monoisotopic (exact) mass is 377 g/mol. The number of hydrogen-bond acceptors (Lipinski definition) is 9. The van der Waals surface area contributed by atoms with E-state index >= 15 is 0 Å². The van der Waals surface area contributed by atoms with Gasteiger partial charge in [0.15, 0.2) is 5.71 Å². The summed E-state index contributed by atoms with van der Waals surface area (Å²) in [6.45, 7) is 1.65. The number of hydrogen-bond donors (Lipinski definition) is 1. The van der Waals surface area contributed by atoms with Crippen LogP contribution in [0.5, 0.6) is 0 Å². The van der Waals surface area contributed by atoms with Gasteiger partial charge < -0.3 is 4.74 Å². The van der Waals surface area contributed by atoms with Gasteiger partial charge in [0, 0.05) is 29.3 Å². The van der Waals surface area contributed by atoms with E-state index in [1.807, 2.05) is 0 Å². The van der Waals surface area contributed by atoms with Crippen molar-refractivity contribution in [3.63, 3.8) is 0 Å². The van der Waals surface area contributed by atoms with Crippen LogP contribution in [0.15, 0.2) is 35.3 Å². The summed E-state index contributed by atoms with van der Waals surface area (Å²) in [5, 5.41) is 17.2. The highest BCUT2D eigenvalue weighted by Crippen LogP contribution is 2.25. The first-order valence-electron chi connectivity index (χ1n) is 8.35. The topological polar surface area (TPSA) is 146 Å². The standard InChI is InChI=1S/C16H19N5O6/c1-2-26-16(23)27-20-12(14(22)19-15-17-8-5-9-18-15)10-11-6-3-4-7-13(11)21(24)25/h5,8-10,13H,2-4,6-7H2,1H3,(H,17,18,19,22)/b11-10+,20-12+. The molecule has 0 saturated heterocycles. The number of carbonyl (C=O) groups excluding carboxylic acids is 2. The van der Waals surface area contributed by atoms with Crippen LogP contribution in [0.4, 0.5) is 10.7 Å². The Morgan fingerprint density at radius 2 is 2.15 bits per heavy atom. The first-order valence-corrected chi connectivity index (χ1v) is 8.35. The summed E-state index contributed by atoms with van der Waals surface area (Å²) < 4.78 is 4.59. The van der Waals surface area contributed by atoms with E-state index in [9.17, 15) is 19.7 Å². The predicted octanol–water partition coefficient (Wildman–Crippen LogP) is 2.09. The molecule has 0 bridgehead atoms. The van der Waals surface area contributed by atoms with E-state index in [-0.39, 0.29) is 18.3 Å². The Hall–Kier alpha value is -3.37. The van der Waals surface area contributed by atoms with Gasteiger partial charge in [-0.3, -0.25) is 25.1 Å². The van der Waals surface area contributed by atoms with Crippen molar-refractivity contribution in [1.29, 1.82) is 0 Å². The van der Waals surface area contributed by atoms with Gasteiger partial charge in [-0.25, -0.2) is 14.8 Å². The third-order valence-corrected chi connectivity index (χ3v) is 3.70. The zero-order chi connectivity index (χ0) is 19.6. The van der Waals surface area contributed by atoms with E-state index in [0.717, 1.165) is 12.8 Å². The van der Waals surface area contributed by atoms with Gasteiger partial charge >= 0.3 is 6.16 Å². The Labute approximate surface area is 154 Å². The Morgan fingerprint density at radius 1 is 1.41 bits per heavy atom. The van der Waals surface area contributed by atoms with Gasteiger partial charge in [0.05, 0.1) is 6.61 Å². The van der Waals surface area contributed by atoms with Gasteiger partial charge in [-0.2, -0.15) is 0 Å². The van der Waals surface area contributed by atoms with Crippen LogP contribution >= 0.6 is 0 Å². The number of carbonyl (C=O) groups is 2. The molecule has 0 spiro atoms. The van der Waals surface area contributed by atoms with Crippen LogP contribution in [0, 0.1) is 10.1 Å². The molecule has 1 amide bonds. The van der Waals surface area contributed by atoms with Gasteiger partial charge in [-0.05, 0) is 38.3 Å². The first-order chi connectivity index (χ1) is 13.0. The number of ether oxygens (including phenoxy) is 1. The number of nitro groups is 1. The molecule has 0 aromatic carbocycles. The lowest BCUT2D eigenvalue weighted by molar-refractivity contribution is -0.514. The summed E-state index contributed by atoms with van der Waals surface area (Å²) in [5.41, 5.74) is 0.112. The molecule has 1 aromatic rings. The fraction of sp³-hybridized carbons (Fsp3) is 0.438. The molecule has 1 atom stereocenters. The number of oxime groups is 1. The minimum Gasteiger partial charge on any atom is -0.433 e. The molecule has 1 aliphatic carbocycles. The summed E-state index contributed by atoms with van der Waals surface area (Å²) in [5.74, 6) is -0.759. The van der Waals surface area contributed by atoms with E-state index < -0.39 is 23.0 Å². The van der Waals surface area contributed by atoms with E-state index in [1.54, 1.807) is 13.0 Å². The molecular formula is C16H19N5O6. The maximum absolute atomic E-state index is 12.5. The fourth-order valence-corrected chi connectivity index (χ4v) is 2.50. The largest absolute Gasteiger partial charge is 0.535 e. The zero-order valence-corrected chi connectivity index (χ0v) is 14.7. The van der Waals surface area contributed by atoms with Gasteiger partial charge in [-0.1, -0.05) is 5.16 Å². The highest BCUT2D eigenvalue weighted by atomic mass is 16.8. The summed E-state index contributed by atoms with van der Waals surface area (Å²) >= 11 is 0. The molecule has 1 heterocycles. The van der Waals surface area contributed by atoms with E-state index in [1.165, 1.54) is 18.5 Å². The van der Waals surface area contributed by atoms with Crippen molar-refractivity contribution < 1.29 is 24.1 Å². The second-order valence-electron chi connectivity index (χ2n) is 5.54. The molecule has 144 valence electrons. The molecule has 1 fully saturated rings. The minimum absolute atomic E-state index is 0.0132. The lowest BCUT2D eigenvalue weighted by Gasteiger charge is -2.18. The van der Waals surface area contributed by atoms with Crippen molar-refractivity contribution in [1.82, 2.24) is 9.97 Å². The third kappa shape index (κ3) is 6.13. The fourth-order valence-electron chi connectivity index (χ4n) is 2.50. The van der Waals surface area contributed by atoms with E-state index in [2.05, 4.69) is 30.0 Å². The molecule has 11 heteroatoms. The van der Waals surface area contributed by atoms with Crippen LogP contribution < -0.4 is 5.32 Å². The van der Waals surface area contributed by atoms with Gasteiger partial charge in [0.2, 0.25) is 12.0 Å². The Bertz CT molecular complexity index is 749. The number of nitrogens with zero attached hydrogens (tertiary/aromatic N) is 4. The molecule has 11 nitrogen and oxygen atoms in total. The number of rotatable bonds is 6. The quantitative estimate of drug-likeness (QED) is 0.261. The highest BCUT2D eigenvalue weighted by molar-refractivity contribution is 6.47. The first kappa shape index (κ1) is 19.9. The molecule has 2 rings (SSSR count). The smallest absolute Gasteiger partial charge is 0.433 e. The Morgan fingerprint density at radius 3 is 2.81 bits per heavy atom. The van der Waals surface area contributed by atoms with Gasteiger partial charge in [0.1, 0.15) is 0 Å². The lowest BCUT2D eigenvalue weighted by Crippen LogP contribution is -2.28. The van der Waals surface area contributed by atoms with E-state index in [0.29, 0.717) is 18.4 Å². The number of anilines is 1. The average molecular weight is 377 g/mol. The zero-order valence-electron chi connectivity index (χ0n) is 14.7. The summed E-state index contributed by atoms with van der Waals surface area (Å²) in [7, 11) is 0. The Balaban J connectivity index is 2.26. The highest BCUT2D eigenvalue weighted by Gasteiger charge is 2.29. The Kier molecular flexibility index (Phi) is 7.35. The second-order valence-corrected chi connectivity index (χ2v) is 5.54. The summed E-state index contributed by atoms with van der Waals surface area (Å²) in [4.78, 5) is 46.9. The third-order valence-electron chi connectivity index (χ3n) is 3.70. The molecule has 1 aromatic heterocycles. The maximum Gasteiger partial charge on any atom is 0.535 e. The number of nitrogens with one attached hydrogen (secondary N) is 1. The van der Waals surface area contributed by atoms with Crippen molar-refractivity contribution in [3.8, 4) is 0 Å². The molecule has 1 unspecified atom stereocenters. The molecule has 0 radical (unpaired) electrons. The lowest BCUT2D eigenvalue weighted by atomic mass is 9.89. The van der Waals surface area contributed by atoms with Gasteiger partial charge in [-0.15, -0.1) is 0 Å².